The van der Waals surface area contributed by atoms with Crippen molar-refractivity contribution in [3.8, 4) is 6.07 Å². The minimum Gasteiger partial charge on any atom is -0.371 e. The number of nitriles is 1. The van der Waals surface area contributed by atoms with Crippen LogP contribution in [0.4, 0.5) is 5.69 Å². The van der Waals surface area contributed by atoms with E-state index in [-0.39, 0.29) is 0 Å². The molecule has 0 bridgehead atoms. The molecule has 1 heterocycles. The van der Waals surface area contributed by atoms with Crippen molar-refractivity contribution >= 4 is 16.5 Å². The number of hydrogen-bond donors (Lipinski definition) is 0. The molecule has 0 saturated carbocycles. The zero-order valence-corrected chi connectivity index (χ0v) is 12.8. The Morgan fingerprint density at radius 2 is 1.71 bits per heavy atom. The second-order valence-corrected chi connectivity index (χ2v) is 6.36. The maximum atomic E-state index is 9.27. The molecule has 2 aromatic carbocycles. The van der Waals surface area contributed by atoms with E-state index in [1.165, 1.54) is 23.9 Å². The lowest BCUT2D eigenvalue weighted by molar-refractivity contribution is 0.311. The predicted molar refractivity (Wildman–Crippen MR) is 88.4 cm³/mol. The van der Waals surface area contributed by atoms with Crippen LogP contribution in [-0.4, -0.2) is 13.1 Å². The second kappa shape index (κ2) is 5.77. The summed E-state index contributed by atoms with van der Waals surface area (Å²) in [4.78, 5) is 2.49. The molecule has 0 amide bonds. The molecule has 2 nitrogen and oxygen atoms in total. The summed E-state index contributed by atoms with van der Waals surface area (Å²) in [6.07, 6.45) is 2.54. The van der Waals surface area contributed by atoms with Crippen molar-refractivity contribution in [2.45, 2.75) is 26.7 Å². The summed E-state index contributed by atoms with van der Waals surface area (Å²) in [5.74, 6) is 1.63. The van der Waals surface area contributed by atoms with Crippen molar-refractivity contribution < 1.29 is 0 Å². The molecule has 0 aromatic heterocycles. The standard InChI is InChI=1S/C19H22N2/c1-14(2)15-9-11-21(12-10-15)19-8-7-16(13-20)17-5-3-4-6-18(17)19/h3-8,14-15H,9-12H2,1-2H3. The average Bonchev–Trinajstić information content (AvgIpc) is 2.54. The fourth-order valence-electron chi connectivity index (χ4n) is 3.46. The van der Waals surface area contributed by atoms with Gasteiger partial charge in [0.15, 0.2) is 0 Å². The van der Waals surface area contributed by atoms with E-state index in [0.717, 1.165) is 35.9 Å². The summed E-state index contributed by atoms with van der Waals surface area (Å²) in [7, 11) is 0. The van der Waals surface area contributed by atoms with Gasteiger partial charge in [-0.2, -0.15) is 5.26 Å². The summed E-state index contributed by atoms with van der Waals surface area (Å²) in [6, 6.07) is 14.7. The van der Waals surface area contributed by atoms with Gasteiger partial charge in [0.2, 0.25) is 0 Å². The maximum Gasteiger partial charge on any atom is 0.0998 e. The largest absolute Gasteiger partial charge is 0.371 e. The molecule has 0 aliphatic carbocycles. The third-order valence-corrected chi connectivity index (χ3v) is 4.84. The Balaban J connectivity index is 1.94. The fourth-order valence-corrected chi connectivity index (χ4v) is 3.46. The van der Waals surface area contributed by atoms with Crippen LogP contribution in [0, 0.1) is 23.2 Å². The molecule has 2 heteroatoms. The molecular weight excluding hydrogens is 256 g/mol. The van der Waals surface area contributed by atoms with Crippen LogP contribution in [0.2, 0.25) is 0 Å². The van der Waals surface area contributed by atoms with Gasteiger partial charge in [-0.05, 0) is 36.8 Å². The monoisotopic (exact) mass is 278 g/mol. The van der Waals surface area contributed by atoms with E-state index in [9.17, 15) is 5.26 Å². The smallest absolute Gasteiger partial charge is 0.0998 e. The van der Waals surface area contributed by atoms with Crippen molar-refractivity contribution in [2.24, 2.45) is 11.8 Å². The summed E-state index contributed by atoms with van der Waals surface area (Å²) in [5, 5.41) is 11.5. The van der Waals surface area contributed by atoms with Gasteiger partial charge in [-0.15, -0.1) is 0 Å². The molecule has 0 unspecified atom stereocenters. The van der Waals surface area contributed by atoms with E-state index < -0.39 is 0 Å². The number of rotatable bonds is 2. The van der Waals surface area contributed by atoms with Crippen LogP contribution in [0.15, 0.2) is 36.4 Å². The highest BCUT2D eigenvalue weighted by molar-refractivity contribution is 5.97. The SMILES string of the molecule is CC(C)C1CCN(c2ccc(C#N)c3ccccc23)CC1. The van der Waals surface area contributed by atoms with Crippen LogP contribution in [0.5, 0.6) is 0 Å². The van der Waals surface area contributed by atoms with Crippen LogP contribution in [0.3, 0.4) is 0 Å². The van der Waals surface area contributed by atoms with Gasteiger partial charge in [0.25, 0.3) is 0 Å². The van der Waals surface area contributed by atoms with E-state index in [0.29, 0.717) is 0 Å². The number of piperidine rings is 1. The number of hydrogen-bond acceptors (Lipinski definition) is 2. The molecule has 0 radical (unpaired) electrons. The van der Waals surface area contributed by atoms with E-state index in [1.807, 2.05) is 12.1 Å². The van der Waals surface area contributed by atoms with Gasteiger partial charge >= 0.3 is 0 Å². The van der Waals surface area contributed by atoms with Gasteiger partial charge in [0.05, 0.1) is 11.6 Å². The van der Waals surface area contributed by atoms with Crippen molar-refractivity contribution in [3.63, 3.8) is 0 Å². The molecule has 3 rings (SSSR count). The molecule has 1 aliphatic heterocycles. The highest BCUT2D eigenvalue weighted by Gasteiger charge is 2.22. The first-order chi connectivity index (χ1) is 10.2. The zero-order chi connectivity index (χ0) is 14.8. The Labute approximate surface area is 127 Å². The summed E-state index contributed by atoms with van der Waals surface area (Å²) in [5.41, 5.74) is 2.05. The lowest BCUT2D eigenvalue weighted by atomic mass is 9.86. The minimum absolute atomic E-state index is 0.770. The third kappa shape index (κ3) is 2.61. The number of fused-ring (bicyclic) bond motifs is 1. The molecule has 1 saturated heterocycles. The number of nitrogens with zero attached hydrogens (tertiary/aromatic N) is 2. The Morgan fingerprint density at radius 3 is 2.33 bits per heavy atom. The molecule has 0 atom stereocenters. The van der Waals surface area contributed by atoms with Crippen LogP contribution < -0.4 is 4.90 Å². The molecule has 108 valence electrons. The van der Waals surface area contributed by atoms with E-state index in [4.69, 9.17) is 0 Å². The average molecular weight is 278 g/mol. The second-order valence-electron chi connectivity index (χ2n) is 6.36. The van der Waals surface area contributed by atoms with Crippen LogP contribution in [0.25, 0.3) is 10.8 Å². The van der Waals surface area contributed by atoms with Crippen molar-refractivity contribution in [3.05, 3.63) is 42.0 Å². The van der Waals surface area contributed by atoms with Gasteiger partial charge in [-0.1, -0.05) is 38.1 Å². The summed E-state index contributed by atoms with van der Waals surface area (Å²) in [6.45, 7) is 6.91. The normalized spacial score (nSPS) is 16.4. The maximum absolute atomic E-state index is 9.27. The van der Waals surface area contributed by atoms with Crippen molar-refractivity contribution in [2.75, 3.05) is 18.0 Å². The summed E-state index contributed by atoms with van der Waals surface area (Å²) < 4.78 is 0. The number of benzene rings is 2. The van der Waals surface area contributed by atoms with Gasteiger partial charge in [0, 0.05) is 29.5 Å². The molecule has 0 spiro atoms. The van der Waals surface area contributed by atoms with Gasteiger partial charge in [0.1, 0.15) is 0 Å². The van der Waals surface area contributed by atoms with Crippen molar-refractivity contribution in [1.82, 2.24) is 0 Å². The van der Waals surface area contributed by atoms with Gasteiger partial charge in [-0.3, -0.25) is 0 Å². The van der Waals surface area contributed by atoms with Crippen LogP contribution in [0.1, 0.15) is 32.3 Å². The lowest BCUT2D eigenvalue weighted by Crippen LogP contribution is -2.35. The predicted octanol–water partition coefficient (Wildman–Crippen LogP) is 4.58. The first-order valence-electron chi connectivity index (χ1n) is 7.87. The molecule has 1 aliphatic rings. The summed E-state index contributed by atoms with van der Waals surface area (Å²) >= 11 is 0. The van der Waals surface area contributed by atoms with E-state index in [1.54, 1.807) is 0 Å². The highest BCUT2D eigenvalue weighted by atomic mass is 15.1. The highest BCUT2D eigenvalue weighted by Crippen LogP contribution is 2.33. The van der Waals surface area contributed by atoms with Crippen molar-refractivity contribution in [1.29, 1.82) is 5.26 Å². The first kappa shape index (κ1) is 13.9. The Morgan fingerprint density at radius 1 is 1.05 bits per heavy atom. The molecule has 2 aromatic rings. The quantitative estimate of drug-likeness (QED) is 0.803. The van der Waals surface area contributed by atoms with Crippen LogP contribution in [-0.2, 0) is 0 Å². The number of anilines is 1. The Kier molecular flexibility index (Phi) is 3.84. The van der Waals surface area contributed by atoms with E-state index >= 15 is 0 Å². The first-order valence-corrected chi connectivity index (χ1v) is 7.87. The fraction of sp³-hybridized carbons (Fsp3) is 0.421. The lowest BCUT2D eigenvalue weighted by Gasteiger charge is -2.36. The molecular formula is C19H22N2. The van der Waals surface area contributed by atoms with Gasteiger partial charge in [-0.25, -0.2) is 0 Å². The Bertz CT molecular complexity index is 674. The molecule has 1 fully saturated rings. The zero-order valence-electron chi connectivity index (χ0n) is 12.8. The Hall–Kier alpha value is -2.01. The van der Waals surface area contributed by atoms with Crippen LogP contribution >= 0.6 is 0 Å². The topological polar surface area (TPSA) is 27.0 Å². The molecule has 0 N–H and O–H groups in total. The molecule has 21 heavy (non-hydrogen) atoms. The van der Waals surface area contributed by atoms with E-state index in [2.05, 4.69) is 49.1 Å². The third-order valence-electron chi connectivity index (χ3n) is 4.84. The van der Waals surface area contributed by atoms with Gasteiger partial charge < -0.3 is 4.90 Å². The minimum atomic E-state index is 0.770.